The van der Waals surface area contributed by atoms with Gasteiger partial charge in [0.1, 0.15) is 47.8 Å². The van der Waals surface area contributed by atoms with Gasteiger partial charge in [0.15, 0.2) is 0 Å². The minimum Gasteiger partial charge on any atom is -0.375 e. The van der Waals surface area contributed by atoms with Crippen LogP contribution in [-0.4, -0.2) is 254 Å². The van der Waals surface area contributed by atoms with Crippen molar-refractivity contribution in [3.63, 3.8) is 0 Å². The number of likely N-dealkylation sites (tertiary alicyclic amines) is 1. The van der Waals surface area contributed by atoms with E-state index in [1.165, 1.54) is 96.7 Å². The third kappa shape index (κ3) is 22.5. The highest BCUT2D eigenvalue weighted by Crippen LogP contribution is 2.38. The molecule has 6 rings (SSSR count). The molecule has 0 spiro atoms. The molecule has 25 nitrogen and oxygen atoms in total. The number of alkyl halides is 3. The molecule has 29 heteroatoms. The standard InChI is InChI=1S/C75H110ClF3N12O13/c1-14-49(5)64(82-60(92)35-26-47(2)3)71(101)86(10)45-63(95)87(11)59-46-104-40-21-15-20-38-91(70(59)100)58(42-51-29-27-48(4)28-30-51)69(99)85(9)44-62(94)81-55(34-32-50-31-33-53(54(76)41-50)75(77,78)79)67(97)90-39-22-25-56(90)66(96)83-74(36-18-19-37-74)73(103)89(13)65(52-23-16-17-24-52)72(102)88(12)57(43-61(93)80-6)68(98)84(7)8/h15,21,27-31,33,41,47,49,52,55-59,64-65H,14,16-20,22-26,32,34-40,42-46H2,1-13H3,(H,80,93)(H,81,94)(H,82,92)(H,83,96)/b21-15-/t49-,55-,56-,57-,58-,59+,64-,65-/m0/s1. The Hall–Kier alpha value is -8.14. The first kappa shape index (κ1) is 84.8. The zero-order chi connectivity index (χ0) is 77.1. The molecule has 8 atom stereocenters. The molecule has 4 aliphatic rings. The van der Waals surface area contributed by atoms with Gasteiger partial charge in [-0.15, -0.1) is 0 Å². The molecular weight excluding hydrogens is 1370 g/mol. The van der Waals surface area contributed by atoms with Gasteiger partial charge in [-0.2, -0.15) is 13.2 Å². The van der Waals surface area contributed by atoms with Gasteiger partial charge in [-0.3, -0.25) is 57.5 Å². The fourth-order valence-corrected chi connectivity index (χ4v) is 14.6. The lowest BCUT2D eigenvalue weighted by molar-refractivity contribution is -0.155. The fourth-order valence-electron chi connectivity index (χ4n) is 14.3. The quantitative estimate of drug-likeness (QED) is 0.0660. The van der Waals surface area contributed by atoms with E-state index in [4.69, 9.17) is 16.3 Å². The number of nitrogens with zero attached hydrogens (tertiary/aromatic N) is 8. The molecule has 12 amide bonds. The second kappa shape index (κ2) is 38.7. The number of nitrogens with one attached hydrogen (secondary N) is 4. The topological polar surface area (TPSA) is 288 Å². The smallest absolute Gasteiger partial charge is 0.375 e. The maximum atomic E-state index is 15.4. The monoisotopic (exact) mass is 1480 g/mol. The van der Waals surface area contributed by atoms with Crippen molar-refractivity contribution in [1.82, 2.24) is 60.5 Å². The van der Waals surface area contributed by atoms with E-state index in [-0.39, 0.29) is 113 Å². The zero-order valence-electron chi connectivity index (χ0n) is 62.8. The third-order valence-corrected chi connectivity index (χ3v) is 21.2. The molecule has 2 aromatic carbocycles. The van der Waals surface area contributed by atoms with Gasteiger partial charge in [-0.05, 0) is 112 Å². The lowest BCUT2D eigenvalue weighted by Gasteiger charge is -2.41. The number of hydrogen-bond acceptors (Lipinski definition) is 13. The summed E-state index contributed by atoms with van der Waals surface area (Å²) in [7, 11) is 11.6. The minimum atomic E-state index is -4.78. The number of amides is 12. The van der Waals surface area contributed by atoms with Crippen molar-refractivity contribution in [2.24, 2.45) is 17.8 Å². The Balaban J connectivity index is 1.28. The molecule has 2 aliphatic heterocycles. The summed E-state index contributed by atoms with van der Waals surface area (Å²) < 4.78 is 47.8. The van der Waals surface area contributed by atoms with Gasteiger partial charge in [-0.1, -0.05) is 119 Å². The number of rotatable bonds is 31. The van der Waals surface area contributed by atoms with Gasteiger partial charge < -0.3 is 65.2 Å². The van der Waals surface area contributed by atoms with Gasteiger partial charge in [0.05, 0.1) is 43.3 Å². The average Bonchev–Trinajstić information content (AvgIpc) is 1.48. The minimum absolute atomic E-state index is 0.0144. The largest absolute Gasteiger partial charge is 0.417 e. The molecule has 2 aromatic rings. The van der Waals surface area contributed by atoms with Crippen LogP contribution in [0.2, 0.25) is 5.02 Å². The van der Waals surface area contributed by atoms with Crippen LogP contribution in [0.15, 0.2) is 54.6 Å². The molecule has 104 heavy (non-hydrogen) atoms. The number of hydrogen-bond donors (Lipinski definition) is 4. The molecule has 2 saturated carbocycles. The van der Waals surface area contributed by atoms with Crippen molar-refractivity contribution in [3.8, 4) is 0 Å². The van der Waals surface area contributed by atoms with E-state index in [0.717, 1.165) is 35.4 Å². The second-order valence-electron chi connectivity index (χ2n) is 29.2. The molecule has 4 N–H and O–H groups in total. The Morgan fingerprint density at radius 1 is 0.731 bits per heavy atom. The molecule has 0 aromatic heterocycles. The zero-order valence-corrected chi connectivity index (χ0v) is 63.6. The summed E-state index contributed by atoms with van der Waals surface area (Å²) in [6, 6.07) is 1.84. The molecule has 2 heterocycles. The van der Waals surface area contributed by atoms with Gasteiger partial charge in [-0.25, -0.2) is 0 Å². The summed E-state index contributed by atoms with van der Waals surface area (Å²) in [6.45, 7) is 8.14. The Bertz CT molecular complexity index is 3400. The van der Waals surface area contributed by atoms with E-state index in [1.807, 2.05) is 46.8 Å². The molecular formula is C75H110ClF3N12O13. The number of halogens is 4. The summed E-state index contributed by atoms with van der Waals surface area (Å²) in [4.78, 5) is 184. The maximum absolute atomic E-state index is 15.4. The lowest BCUT2D eigenvalue weighted by Crippen LogP contribution is -2.65. The summed E-state index contributed by atoms with van der Waals surface area (Å²) in [6.07, 6.45) is 4.22. The SMILES string of the molecule is CC[C@H](C)[C@H](NC(=O)CCC(C)C)C(=O)N(C)CC(=O)N(C)[C@@H]1COC/C=C\CCN([C@@H](Cc2ccc(C)cc2)C(=O)N(C)CC(=O)N[C@@H](CCc2ccc(C(F)(F)F)c(Cl)c2)C(=O)N2CCC[C@H]2C(=O)NC2(C(=O)N(C)[C@H](C(=O)N(C)[C@@H](CC(=O)NC)C(=O)N(C)C)C3CCCC3)CCCC2)C1=O. The third-order valence-electron chi connectivity index (χ3n) is 20.9. The van der Waals surface area contributed by atoms with Gasteiger partial charge in [0, 0.05) is 82.3 Å². The van der Waals surface area contributed by atoms with Crippen LogP contribution >= 0.6 is 11.6 Å². The second-order valence-corrected chi connectivity index (χ2v) is 29.6. The van der Waals surface area contributed by atoms with E-state index in [2.05, 4.69) is 21.3 Å². The molecule has 0 bridgehead atoms. The summed E-state index contributed by atoms with van der Waals surface area (Å²) in [5, 5.41) is 10.6. The van der Waals surface area contributed by atoms with Crippen molar-refractivity contribution < 1.29 is 75.4 Å². The molecule has 0 unspecified atom stereocenters. The first-order chi connectivity index (χ1) is 49.0. The first-order valence-corrected chi connectivity index (χ1v) is 36.8. The number of carbonyl (C=O) groups is 12. The van der Waals surface area contributed by atoms with Crippen LogP contribution in [0.25, 0.3) is 0 Å². The molecule has 0 radical (unpaired) electrons. The highest BCUT2D eigenvalue weighted by atomic mass is 35.5. The summed E-state index contributed by atoms with van der Waals surface area (Å²) >= 11 is 6.18. The Labute approximate surface area is 615 Å². The number of carbonyl (C=O) groups excluding carboxylic acids is 12. The van der Waals surface area contributed by atoms with Crippen molar-refractivity contribution in [2.75, 3.05) is 95.8 Å². The Morgan fingerprint density at radius 2 is 1.38 bits per heavy atom. The number of benzene rings is 2. The van der Waals surface area contributed by atoms with E-state index < -0.39 is 143 Å². The van der Waals surface area contributed by atoms with Gasteiger partial charge >= 0.3 is 6.18 Å². The molecule has 1 saturated heterocycles. The van der Waals surface area contributed by atoms with Gasteiger partial charge in [0.2, 0.25) is 70.9 Å². The maximum Gasteiger partial charge on any atom is 0.417 e. The lowest BCUT2D eigenvalue weighted by atomic mass is 9.90. The van der Waals surface area contributed by atoms with Gasteiger partial charge in [0.25, 0.3) is 0 Å². The predicted octanol–water partition coefficient (Wildman–Crippen LogP) is 5.70. The van der Waals surface area contributed by atoms with E-state index >= 15 is 24.0 Å². The number of likely N-dealkylation sites (N-methyl/N-ethyl adjacent to an activating group) is 6. The fraction of sp³-hybridized carbons (Fsp3) is 0.653. The van der Waals surface area contributed by atoms with Crippen LogP contribution in [0.3, 0.4) is 0 Å². The van der Waals surface area contributed by atoms with Crippen molar-refractivity contribution in [2.45, 2.75) is 204 Å². The number of aryl methyl sites for hydroxylation is 2. The molecule has 576 valence electrons. The van der Waals surface area contributed by atoms with Crippen molar-refractivity contribution in [1.29, 1.82) is 0 Å². The normalized spacial score (nSPS) is 19.1. The van der Waals surface area contributed by atoms with Crippen LogP contribution in [-0.2, 0) is 81.3 Å². The van der Waals surface area contributed by atoms with E-state index in [1.54, 1.807) is 24.3 Å². The number of ether oxygens (including phenoxy) is 1. The average molecular weight is 1480 g/mol. The van der Waals surface area contributed by atoms with Crippen LogP contribution in [0.4, 0.5) is 13.2 Å². The van der Waals surface area contributed by atoms with Crippen LogP contribution < -0.4 is 21.3 Å². The highest BCUT2D eigenvalue weighted by molar-refractivity contribution is 6.31. The van der Waals surface area contributed by atoms with Crippen molar-refractivity contribution >= 4 is 82.5 Å². The van der Waals surface area contributed by atoms with Crippen LogP contribution in [0.1, 0.15) is 153 Å². The van der Waals surface area contributed by atoms with E-state index in [9.17, 15) is 46.7 Å². The molecule has 2 aliphatic carbocycles. The van der Waals surface area contributed by atoms with Crippen LogP contribution in [0, 0.1) is 24.7 Å². The summed E-state index contributed by atoms with van der Waals surface area (Å²) in [5.74, 6) is -7.53. The Morgan fingerprint density at radius 3 is 1.98 bits per heavy atom. The van der Waals surface area contributed by atoms with Crippen molar-refractivity contribution in [3.05, 3.63) is 81.9 Å². The van der Waals surface area contributed by atoms with E-state index in [0.29, 0.717) is 50.5 Å². The predicted molar refractivity (Wildman–Crippen MR) is 385 cm³/mol. The summed E-state index contributed by atoms with van der Waals surface area (Å²) in [5.41, 5.74) is -0.802. The highest BCUT2D eigenvalue weighted by Gasteiger charge is 2.51. The molecule has 3 fully saturated rings. The van der Waals surface area contributed by atoms with Crippen LogP contribution in [0.5, 0.6) is 0 Å². The Kier molecular flexibility index (Phi) is 31.6. The first-order valence-electron chi connectivity index (χ1n) is 36.4.